The van der Waals surface area contributed by atoms with Gasteiger partial charge in [0.1, 0.15) is 5.69 Å². The first kappa shape index (κ1) is 15.4. The Bertz CT molecular complexity index is 1030. The average Bonchev–Trinajstić information content (AvgIpc) is 2.87. The summed E-state index contributed by atoms with van der Waals surface area (Å²) in [6.07, 6.45) is -3.40. The Morgan fingerprint density at radius 2 is 1.83 bits per heavy atom. The lowest BCUT2D eigenvalue weighted by molar-refractivity contribution is -0.144. The summed E-state index contributed by atoms with van der Waals surface area (Å²) < 4.78 is 40.7. The highest BCUT2D eigenvalue weighted by molar-refractivity contribution is 6.35. The maximum Gasteiger partial charge on any atom is 0.431 e. The molecule has 0 saturated carbocycles. The summed E-state index contributed by atoms with van der Waals surface area (Å²) in [6, 6.07) is 6.80. The molecule has 2 aromatic heterocycles. The van der Waals surface area contributed by atoms with Crippen LogP contribution in [0.15, 0.2) is 46.1 Å². The Kier molecular flexibility index (Phi) is 3.36. The third-order valence-corrected chi connectivity index (χ3v) is 3.79. The summed E-state index contributed by atoms with van der Waals surface area (Å²) in [4.78, 5) is 24.3. The van der Waals surface area contributed by atoms with E-state index >= 15 is 0 Å². The smallest absolute Gasteiger partial charge is 0.291 e. The van der Waals surface area contributed by atoms with Crippen LogP contribution < -0.4 is 11.2 Å². The Morgan fingerprint density at radius 3 is 2.48 bits per heavy atom. The van der Waals surface area contributed by atoms with Crippen molar-refractivity contribution in [3.63, 3.8) is 0 Å². The number of halogens is 4. The van der Waals surface area contributed by atoms with Gasteiger partial charge in [0.15, 0.2) is 0 Å². The van der Waals surface area contributed by atoms with E-state index in [1.165, 1.54) is 10.9 Å². The molecule has 0 spiro atoms. The second-order valence-electron chi connectivity index (χ2n) is 4.85. The van der Waals surface area contributed by atoms with Gasteiger partial charge in [0, 0.05) is 24.7 Å². The molecule has 0 N–H and O–H groups in total. The molecule has 0 unspecified atom stereocenters. The predicted molar refractivity (Wildman–Crippen MR) is 78.7 cm³/mol. The van der Waals surface area contributed by atoms with Crippen LogP contribution in [0.4, 0.5) is 13.2 Å². The van der Waals surface area contributed by atoms with Crippen molar-refractivity contribution in [1.82, 2.24) is 13.9 Å². The van der Waals surface area contributed by atoms with Crippen LogP contribution >= 0.6 is 11.6 Å². The van der Waals surface area contributed by atoms with Crippen molar-refractivity contribution in [3.05, 3.63) is 68.1 Å². The number of hydrogen-bond acceptors (Lipinski definition) is 2. The van der Waals surface area contributed by atoms with Crippen molar-refractivity contribution < 1.29 is 13.2 Å². The fourth-order valence-corrected chi connectivity index (χ4v) is 2.61. The molecule has 5 nitrogen and oxygen atoms in total. The first-order chi connectivity index (χ1) is 10.7. The minimum absolute atomic E-state index is 0.387. The van der Waals surface area contributed by atoms with Crippen LogP contribution in [0.1, 0.15) is 5.69 Å². The number of benzene rings is 1. The largest absolute Gasteiger partial charge is 0.431 e. The molecule has 0 aliphatic rings. The van der Waals surface area contributed by atoms with E-state index in [0.29, 0.717) is 31.2 Å². The minimum atomic E-state index is -4.80. The van der Waals surface area contributed by atoms with Crippen molar-refractivity contribution in [3.8, 4) is 0 Å². The Morgan fingerprint density at radius 1 is 1.13 bits per heavy atom. The van der Waals surface area contributed by atoms with Crippen LogP contribution in [0.3, 0.4) is 0 Å². The van der Waals surface area contributed by atoms with E-state index < -0.39 is 23.1 Å². The van der Waals surface area contributed by atoms with Crippen molar-refractivity contribution in [2.75, 3.05) is 0 Å². The molecular formula is C14H9ClF3N3O2. The van der Waals surface area contributed by atoms with Gasteiger partial charge in [0.25, 0.3) is 5.56 Å². The normalized spacial score (nSPS) is 12.0. The van der Waals surface area contributed by atoms with Crippen molar-refractivity contribution >= 4 is 22.5 Å². The van der Waals surface area contributed by atoms with E-state index in [1.54, 1.807) is 24.3 Å². The van der Waals surface area contributed by atoms with Gasteiger partial charge in [-0.2, -0.15) is 17.8 Å². The molecule has 3 aromatic rings. The molecule has 120 valence electrons. The van der Waals surface area contributed by atoms with Gasteiger partial charge in [-0.05, 0) is 18.2 Å². The van der Waals surface area contributed by atoms with E-state index in [1.807, 2.05) is 0 Å². The van der Waals surface area contributed by atoms with Gasteiger partial charge in [-0.15, -0.1) is 0 Å². The maximum atomic E-state index is 12.9. The molecule has 0 aliphatic heterocycles. The standard InChI is InChI=1S/C14H9ClF3N3O2/c1-19-11(14(16,17)18)7-12(22)21(13(19)23)20-6-5-8-9(15)3-2-4-10(8)20/h2-7H,1H3. The van der Waals surface area contributed by atoms with Crippen molar-refractivity contribution in [1.29, 1.82) is 0 Å². The van der Waals surface area contributed by atoms with Crippen LogP contribution in [-0.4, -0.2) is 13.9 Å². The van der Waals surface area contributed by atoms with Gasteiger partial charge in [-0.3, -0.25) is 9.36 Å². The molecular weight excluding hydrogens is 335 g/mol. The van der Waals surface area contributed by atoms with Gasteiger partial charge in [0.2, 0.25) is 0 Å². The summed E-state index contributed by atoms with van der Waals surface area (Å²) in [7, 11) is 0.958. The topological polar surface area (TPSA) is 48.9 Å². The molecule has 2 heterocycles. The Balaban J connectivity index is 2.37. The summed E-state index contributed by atoms with van der Waals surface area (Å²) in [5.41, 5.74) is -3.07. The zero-order chi connectivity index (χ0) is 16.9. The Labute approximate surface area is 131 Å². The molecule has 9 heteroatoms. The van der Waals surface area contributed by atoms with E-state index in [-0.39, 0.29) is 0 Å². The zero-order valence-corrected chi connectivity index (χ0v) is 12.4. The SMILES string of the molecule is Cn1c(C(F)(F)F)cc(=O)n(-n2ccc3c(Cl)cccc32)c1=O. The van der Waals surface area contributed by atoms with Crippen LogP contribution in [0, 0.1) is 0 Å². The molecule has 1 aromatic carbocycles. The third-order valence-electron chi connectivity index (χ3n) is 3.46. The number of alkyl halides is 3. The predicted octanol–water partition coefficient (Wildman–Crippen LogP) is 2.49. The van der Waals surface area contributed by atoms with Gasteiger partial charge in [-0.1, -0.05) is 17.7 Å². The fourth-order valence-electron chi connectivity index (χ4n) is 2.37. The molecule has 0 atom stereocenters. The first-order valence-corrected chi connectivity index (χ1v) is 6.76. The van der Waals surface area contributed by atoms with Crippen LogP contribution in [0.5, 0.6) is 0 Å². The second kappa shape index (κ2) is 5.02. The maximum absolute atomic E-state index is 12.9. The third kappa shape index (κ3) is 2.35. The summed E-state index contributed by atoms with van der Waals surface area (Å²) >= 11 is 6.02. The number of nitrogens with zero attached hydrogens (tertiary/aromatic N) is 3. The summed E-state index contributed by atoms with van der Waals surface area (Å²) in [6.45, 7) is 0. The number of fused-ring (bicyclic) bond motifs is 1. The highest BCUT2D eigenvalue weighted by atomic mass is 35.5. The lowest BCUT2D eigenvalue weighted by Crippen LogP contribution is -2.44. The summed E-state index contributed by atoms with van der Waals surface area (Å²) in [5, 5.41) is 0.973. The molecule has 0 aliphatic carbocycles. The fraction of sp³-hybridized carbons (Fsp3) is 0.143. The summed E-state index contributed by atoms with van der Waals surface area (Å²) in [5.74, 6) is 0. The van der Waals surface area contributed by atoms with Crippen LogP contribution in [0.2, 0.25) is 5.02 Å². The second-order valence-corrected chi connectivity index (χ2v) is 5.26. The number of aromatic nitrogens is 3. The van der Waals surface area contributed by atoms with Gasteiger partial charge in [0.05, 0.1) is 10.5 Å². The average molecular weight is 344 g/mol. The number of rotatable bonds is 1. The lowest BCUT2D eigenvalue weighted by Gasteiger charge is -2.14. The first-order valence-electron chi connectivity index (χ1n) is 6.38. The van der Waals surface area contributed by atoms with Crippen LogP contribution in [-0.2, 0) is 13.2 Å². The van der Waals surface area contributed by atoms with Crippen LogP contribution in [0.25, 0.3) is 10.9 Å². The van der Waals surface area contributed by atoms with E-state index in [2.05, 4.69) is 0 Å². The lowest BCUT2D eigenvalue weighted by atomic mass is 10.2. The minimum Gasteiger partial charge on any atom is -0.291 e. The van der Waals surface area contributed by atoms with E-state index in [4.69, 9.17) is 11.6 Å². The zero-order valence-electron chi connectivity index (χ0n) is 11.6. The Hall–Kier alpha value is -2.48. The van der Waals surface area contributed by atoms with Gasteiger partial charge >= 0.3 is 11.9 Å². The molecule has 0 radical (unpaired) electrons. The van der Waals surface area contributed by atoms with E-state index in [9.17, 15) is 22.8 Å². The molecule has 0 amide bonds. The molecule has 0 fully saturated rings. The number of hydrogen-bond donors (Lipinski definition) is 0. The molecule has 3 rings (SSSR count). The highest BCUT2D eigenvalue weighted by Crippen LogP contribution is 2.27. The van der Waals surface area contributed by atoms with Crippen molar-refractivity contribution in [2.45, 2.75) is 6.18 Å². The highest BCUT2D eigenvalue weighted by Gasteiger charge is 2.35. The van der Waals surface area contributed by atoms with Gasteiger partial charge in [-0.25, -0.2) is 9.47 Å². The monoisotopic (exact) mass is 343 g/mol. The molecule has 0 bridgehead atoms. The van der Waals surface area contributed by atoms with Crippen molar-refractivity contribution in [2.24, 2.45) is 7.05 Å². The molecule has 0 saturated heterocycles. The quantitative estimate of drug-likeness (QED) is 0.681. The van der Waals surface area contributed by atoms with E-state index in [0.717, 1.165) is 7.05 Å². The molecule has 23 heavy (non-hydrogen) atoms. The van der Waals surface area contributed by atoms with Gasteiger partial charge < -0.3 is 0 Å².